The van der Waals surface area contributed by atoms with Crippen LogP contribution in [0.15, 0.2) is 0 Å². The van der Waals surface area contributed by atoms with Crippen molar-refractivity contribution in [1.82, 2.24) is 0 Å². The molecule has 0 aromatic rings. The molecule has 0 aromatic carbocycles. The van der Waals surface area contributed by atoms with Gasteiger partial charge in [-0.05, 0) is 19.3 Å². The number of Topliss-reactive ketones (excluding diaryl/α,β-unsaturated/α-hetero) is 1. The first-order valence-electron chi connectivity index (χ1n) is 4.15. The Balaban J connectivity index is 0.000000292. The Morgan fingerprint density at radius 1 is 1.29 bits per heavy atom. The third-order valence-corrected chi connectivity index (χ3v) is 1.78. The second-order valence-corrected chi connectivity index (χ2v) is 28.3. The van der Waals surface area contributed by atoms with Crippen molar-refractivity contribution < 1.29 is 9.53 Å². The van der Waals surface area contributed by atoms with Crippen LogP contribution in [0.4, 0.5) is 0 Å². The van der Waals surface area contributed by atoms with Crippen LogP contribution in [0.25, 0.3) is 0 Å². The van der Waals surface area contributed by atoms with Crippen molar-refractivity contribution in [2.24, 2.45) is 0 Å². The zero-order valence-electron chi connectivity index (χ0n) is 7.73. The van der Waals surface area contributed by atoms with E-state index in [9.17, 15) is 4.79 Å². The number of carbonyl (C=O) groups is 1. The van der Waals surface area contributed by atoms with Crippen molar-refractivity contribution in [3.63, 3.8) is 0 Å². The number of ketones is 1. The van der Waals surface area contributed by atoms with Gasteiger partial charge in [-0.2, -0.15) is 0 Å². The number of rotatable bonds is 1. The van der Waals surface area contributed by atoms with Crippen LogP contribution < -0.4 is 0 Å². The van der Waals surface area contributed by atoms with Crippen molar-refractivity contribution in [3.8, 4) is 0 Å². The molecule has 0 aromatic heterocycles. The van der Waals surface area contributed by atoms with E-state index in [4.69, 9.17) is 40.4 Å². The Morgan fingerprint density at radius 3 is 2.07 bits per heavy atom. The summed E-state index contributed by atoms with van der Waals surface area (Å²) in [5.74, 6) is 0.281. The molecule has 0 heterocycles. The van der Waals surface area contributed by atoms with Gasteiger partial charge in [-0.3, -0.25) is 4.79 Å². The average molecular weight is 389 g/mol. The van der Waals surface area contributed by atoms with E-state index in [1.165, 1.54) is 0 Å². The zero-order valence-corrected chi connectivity index (χ0v) is 13.6. The molecule has 84 valence electrons. The molecule has 1 aliphatic rings. The third kappa shape index (κ3) is 10.1. The minimum absolute atomic E-state index is 0.0845. The topological polar surface area (TPSA) is 26.3 Å². The van der Waals surface area contributed by atoms with Gasteiger partial charge in [-0.1, -0.05) is 0 Å². The van der Waals surface area contributed by atoms with Crippen LogP contribution in [0, 0.1) is 0 Å². The van der Waals surface area contributed by atoms with Gasteiger partial charge >= 0.3 is 49.6 Å². The van der Waals surface area contributed by atoms with Gasteiger partial charge in [-0.15, -0.1) is 0 Å². The van der Waals surface area contributed by atoms with E-state index < -0.39 is 13.9 Å². The van der Waals surface area contributed by atoms with Gasteiger partial charge in [0.15, 0.2) is 5.78 Å². The SMILES string of the molecule is CO[C@H]1CCCCC1=O.[Cl][Sn]([Cl])([Cl])[Cl]. The molecule has 0 unspecified atom stereocenters. The van der Waals surface area contributed by atoms with Crippen LogP contribution in [-0.4, -0.2) is 32.9 Å². The van der Waals surface area contributed by atoms with E-state index in [0.29, 0.717) is 0 Å². The molecule has 0 aliphatic heterocycles. The first-order valence-corrected chi connectivity index (χ1v) is 18.6. The van der Waals surface area contributed by atoms with Gasteiger partial charge in [0.1, 0.15) is 6.10 Å². The summed E-state index contributed by atoms with van der Waals surface area (Å²) in [5, 5.41) is 0. The summed E-state index contributed by atoms with van der Waals surface area (Å²) in [5.41, 5.74) is 0. The number of carbonyl (C=O) groups excluding carboxylic acids is 1. The average Bonchev–Trinajstić information content (AvgIpc) is 2.02. The molecule has 1 aliphatic carbocycles. The number of hydrogen-bond donors (Lipinski definition) is 0. The fraction of sp³-hybridized carbons (Fsp3) is 0.857. The van der Waals surface area contributed by atoms with Gasteiger partial charge in [0.25, 0.3) is 0 Å². The van der Waals surface area contributed by atoms with E-state index in [2.05, 4.69) is 0 Å². The minimum atomic E-state index is -3.29. The molecule has 1 fully saturated rings. The van der Waals surface area contributed by atoms with Crippen molar-refractivity contribution in [3.05, 3.63) is 0 Å². The molecule has 2 nitrogen and oxygen atoms in total. The molecule has 0 radical (unpaired) electrons. The molecule has 0 N–H and O–H groups in total. The monoisotopic (exact) mass is 388 g/mol. The van der Waals surface area contributed by atoms with E-state index >= 15 is 0 Å². The Kier molecular flexibility index (Phi) is 8.68. The summed E-state index contributed by atoms with van der Waals surface area (Å²) in [6.07, 6.45) is 3.76. The van der Waals surface area contributed by atoms with Gasteiger partial charge < -0.3 is 4.74 Å². The van der Waals surface area contributed by atoms with Crippen LogP contribution >= 0.6 is 35.7 Å². The first-order chi connectivity index (χ1) is 6.34. The molecule has 0 bridgehead atoms. The Hall–Kier alpha value is 1.59. The van der Waals surface area contributed by atoms with Crippen LogP contribution in [0.3, 0.4) is 0 Å². The Bertz CT molecular complexity index is 177. The summed E-state index contributed by atoms with van der Waals surface area (Å²) in [4.78, 5) is 10.9. The van der Waals surface area contributed by atoms with Crippen molar-refractivity contribution >= 4 is 55.3 Å². The van der Waals surface area contributed by atoms with Crippen LogP contribution in [0.2, 0.25) is 0 Å². The molecular formula is C7H12Cl4O2Sn. The first kappa shape index (κ1) is 15.6. The summed E-state index contributed by atoms with van der Waals surface area (Å²) < 4.78 is 4.95. The van der Waals surface area contributed by atoms with Crippen molar-refractivity contribution in [1.29, 1.82) is 0 Å². The number of halogens is 4. The van der Waals surface area contributed by atoms with Crippen molar-refractivity contribution in [2.75, 3.05) is 7.11 Å². The molecule has 14 heavy (non-hydrogen) atoms. The van der Waals surface area contributed by atoms with E-state index in [1.54, 1.807) is 7.11 Å². The maximum atomic E-state index is 10.9. The normalized spacial score (nSPS) is 22.6. The van der Waals surface area contributed by atoms with Crippen LogP contribution in [0.5, 0.6) is 0 Å². The van der Waals surface area contributed by atoms with E-state index in [-0.39, 0.29) is 11.9 Å². The number of hydrogen-bond acceptors (Lipinski definition) is 2. The summed E-state index contributed by atoms with van der Waals surface area (Å²) in [7, 11) is 21.8. The van der Waals surface area contributed by atoms with Crippen LogP contribution in [-0.2, 0) is 9.53 Å². The molecule has 0 saturated heterocycles. The van der Waals surface area contributed by atoms with Gasteiger partial charge in [0.05, 0.1) is 0 Å². The molecule has 1 atom stereocenters. The summed E-state index contributed by atoms with van der Waals surface area (Å²) in [6, 6.07) is 0. The predicted octanol–water partition coefficient (Wildman–Crippen LogP) is 3.52. The zero-order chi connectivity index (χ0) is 11.2. The molecule has 0 amide bonds. The summed E-state index contributed by atoms with van der Waals surface area (Å²) >= 11 is -3.29. The fourth-order valence-corrected chi connectivity index (χ4v) is 1.20. The van der Waals surface area contributed by atoms with E-state index in [0.717, 1.165) is 25.7 Å². The molecule has 1 saturated carbocycles. The summed E-state index contributed by atoms with van der Waals surface area (Å²) in [6.45, 7) is 0. The quantitative estimate of drug-likeness (QED) is 0.643. The number of methoxy groups -OCH3 is 1. The molecular weight excluding hydrogens is 377 g/mol. The van der Waals surface area contributed by atoms with Gasteiger partial charge in [0, 0.05) is 13.5 Å². The van der Waals surface area contributed by atoms with E-state index in [1.807, 2.05) is 0 Å². The Labute approximate surface area is 103 Å². The molecule has 0 spiro atoms. The molecule has 7 heteroatoms. The van der Waals surface area contributed by atoms with Gasteiger partial charge in [-0.25, -0.2) is 0 Å². The van der Waals surface area contributed by atoms with Gasteiger partial charge in [0.2, 0.25) is 0 Å². The number of ether oxygens (including phenoxy) is 1. The van der Waals surface area contributed by atoms with Crippen molar-refractivity contribution in [2.45, 2.75) is 31.8 Å². The second-order valence-electron chi connectivity index (χ2n) is 2.87. The molecule has 1 rings (SSSR count). The Morgan fingerprint density at radius 2 is 1.79 bits per heavy atom. The van der Waals surface area contributed by atoms with Crippen LogP contribution in [0.1, 0.15) is 25.7 Å². The maximum absolute atomic E-state index is 10.9. The standard InChI is InChI=1S/C7H12O2.4ClH.Sn/c1-9-7-5-3-2-4-6(7)8;;;;;/h7H,2-5H2,1H3;4*1H;/q;;;;;+4/p-4/t7-;;;;;/m0...../s1. The fourth-order valence-electron chi connectivity index (χ4n) is 1.20. The predicted molar refractivity (Wildman–Crippen MR) is 63.4 cm³/mol. The third-order valence-electron chi connectivity index (χ3n) is 1.78. The second kappa shape index (κ2) is 7.80.